The van der Waals surface area contributed by atoms with E-state index in [1.54, 1.807) is 6.07 Å². The van der Waals surface area contributed by atoms with Crippen molar-refractivity contribution >= 4 is 11.7 Å². The zero-order valence-electron chi connectivity index (χ0n) is 11.2. The van der Waals surface area contributed by atoms with E-state index in [2.05, 4.69) is 6.07 Å². The van der Waals surface area contributed by atoms with Crippen LogP contribution in [-0.2, 0) is 9.53 Å². The number of methoxy groups -OCH3 is 1. The van der Waals surface area contributed by atoms with Gasteiger partial charge in [-0.2, -0.15) is 5.26 Å². The van der Waals surface area contributed by atoms with Crippen LogP contribution < -0.4 is 4.90 Å². The van der Waals surface area contributed by atoms with Crippen molar-refractivity contribution < 1.29 is 9.53 Å². The Labute approximate surface area is 108 Å². The predicted octanol–water partition coefficient (Wildman–Crippen LogP) is 2.11. The van der Waals surface area contributed by atoms with Crippen LogP contribution in [0.2, 0.25) is 0 Å². The molecule has 1 rings (SSSR count). The van der Waals surface area contributed by atoms with Gasteiger partial charge in [0.15, 0.2) is 0 Å². The maximum absolute atomic E-state index is 11.4. The smallest absolute Gasteiger partial charge is 0.310 e. The summed E-state index contributed by atoms with van der Waals surface area (Å²) in [6.45, 7) is 4.29. The fourth-order valence-electron chi connectivity index (χ4n) is 2.03. The van der Waals surface area contributed by atoms with Crippen LogP contribution >= 0.6 is 0 Å². The van der Waals surface area contributed by atoms with Crippen LogP contribution in [0.25, 0.3) is 0 Å². The van der Waals surface area contributed by atoms with Crippen molar-refractivity contribution in [3.05, 3.63) is 29.3 Å². The number of rotatable bonds is 4. The van der Waals surface area contributed by atoms with Gasteiger partial charge < -0.3 is 9.64 Å². The van der Waals surface area contributed by atoms with E-state index < -0.39 is 0 Å². The van der Waals surface area contributed by atoms with E-state index in [0.29, 0.717) is 12.1 Å². The number of ether oxygens (including phenoxy) is 1. The Morgan fingerprint density at radius 2 is 2.22 bits per heavy atom. The number of benzene rings is 1. The normalized spacial score (nSPS) is 11.5. The summed E-state index contributed by atoms with van der Waals surface area (Å²) >= 11 is 0. The Balaban J connectivity index is 2.95. The van der Waals surface area contributed by atoms with Crippen LogP contribution in [-0.4, -0.2) is 26.7 Å². The van der Waals surface area contributed by atoms with Crippen molar-refractivity contribution in [2.75, 3.05) is 25.6 Å². The van der Waals surface area contributed by atoms with Gasteiger partial charge in [-0.15, -0.1) is 0 Å². The van der Waals surface area contributed by atoms with Crippen molar-refractivity contribution in [3.63, 3.8) is 0 Å². The first-order valence-electron chi connectivity index (χ1n) is 5.80. The van der Waals surface area contributed by atoms with Gasteiger partial charge in [-0.3, -0.25) is 4.79 Å². The Hall–Kier alpha value is -2.02. The largest absolute Gasteiger partial charge is 0.469 e. The van der Waals surface area contributed by atoms with E-state index in [0.717, 1.165) is 11.3 Å². The van der Waals surface area contributed by atoms with Crippen LogP contribution in [0.1, 0.15) is 18.1 Å². The second-order valence-electron chi connectivity index (χ2n) is 4.39. The highest BCUT2D eigenvalue weighted by molar-refractivity contribution is 5.73. The molecule has 1 atom stereocenters. The molecule has 0 amide bonds. The van der Waals surface area contributed by atoms with E-state index >= 15 is 0 Å². The minimum Gasteiger partial charge on any atom is -0.469 e. The lowest BCUT2D eigenvalue weighted by Gasteiger charge is -2.24. The van der Waals surface area contributed by atoms with Crippen LogP contribution in [0.15, 0.2) is 18.2 Å². The Morgan fingerprint density at radius 1 is 1.56 bits per heavy atom. The topological polar surface area (TPSA) is 53.3 Å². The average molecular weight is 246 g/mol. The van der Waals surface area contributed by atoms with Gasteiger partial charge in [-0.1, -0.05) is 19.1 Å². The highest BCUT2D eigenvalue weighted by atomic mass is 16.5. The second-order valence-corrected chi connectivity index (χ2v) is 4.39. The molecule has 0 heterocycles. The molecule has 1 aromatic carbocycles. The van der Waals surface area contributed by atoms with E-state index in [9.17, 15) is 4.79 Å². The SMILES string of the molecule is COC(=O)C(C)CN(C)c1c(C)cccc1C#N. The molecule has 1 unspecified atom stereocenters. The number of nitriles is 1. The molecule has 0 bridgehead atoms. The monoisotopic (exact) mass is 246 g/mol. The highest BCUT2D eigenvalue weighted by Crippen LogP contribution is 2.24. The molecular weight excluding hydrogens is 228 g/mol. The van der Waals surface area contributed by atoms with Crippen LogP contribution in [0, 0.1) is 24.2 Å². The fourth-order valence-corrected chi connectivity index (χ4v) is 2.03. The van der Waals surface area contributed by atoms with Gasteiger partial charge in [-0.25, -0.2) is 0 Å². The van der Waals surface area contributed by atoms with Crippen molar-refractivity contribution in [3.8, 4) is 6.07 Å². The third kappa shape index (κ3) is 3.01. The van der Waals surface area contributed by atoms with E-state index in [1.165, 1.54) is 7.11 Å². The molecule has 0 saturated heterocycles. The van der Waals surface area contributed by atoms with Crippen molar-refractivity contribution in [1.82, 2.24) is 0 Å². The molecule has 0 aliphatic rings. The van der Waals surface area contributed by atoms with Crippen molar-refractivity contribution in [1.29, 1.82) is 5.26 Å². The van der Waals surface area contributed by atoms with Crippen LogP contribution in [0.5, 0.6) is 0 Å². The second kappa shape index (κ2) is 6.06. The molecule has 0 radical (unpaired) electrons. The van der Waals surface area contributed by atoms with Gasteiger partial charge >= 0.3 is 5.97 Å². The summed E-state index contributed by atoms with van der Waals surface area (Å²) in [7, 11) is 3.26. The summed E-state index contributed by atoms with van der Waals surface area (Å²) in [4.78, 5) is 13.3. The lowest BCUT2D eigenvalue weighted by atomic mass is 10.1. The molecule has 4 nitrogen and oxygen atoms in total. The molecule has 0 N–H and O–H groups in total. The Kier molecular flexibility index (Phi) is 4.73. The quantitative estimate of drug-likeness (QED) is 0.763. The minimum atomic E-state index is -0.242. The van der Waals surface area contributed by atoms with Gasteiger partial charge in [0.05, 0.1) is 24.3 Å². The zero-order chi connectivity index (χ0) is 13.7. The molecule has 96 valence electrons. The van der Waals surface area contributed by atoms with E-state index in [1.807, 2.05) is 37.9 Å². The first-order valence-corrected chi connectivity index (χ1v) is 5.80. The molecule has 0 saturated carbocycles. The first-order chi connectivity index (χ1) is 8.51. The number of carbonyl (C=O) groups excluding carboxylic acids is 1. The lowest BCUT2D eigenvalue weighted by molar-refractivity contribution is -0.144. The van der Waals surface area contributed by atoms with Crippen molar-refractivity contribution in [2.24, 2.45) is 5.92 Å². The highest BCUT2D eigenvalue weighted by Gasteiger charge is 2.18. The van der Waals surface area contributed by atoms with Gasteiger partial charge in [0.2, 0.25) is 0 Å². The third-order valence-corrected chi connectivity index (χ3v) is 2.89. The molecule has 0 fully saturated rings. The number of nitrogens with zero attached hydrogens (tertiary/aromatic N) is 2. The number of aryl methyl sites for hydroxylation is 1. The van der Waals surface area contributed by atoms with Gasteiger partial charge in [-0.05, 0) is 18.6 Å². The first kappa shape index (κ1) is 14.0. The molecule has 0 aliphatic carbocycles. The maximum Gasteiger partial charge on any atom is 0.310 e. The van der Waals surface area contributed by atoms with Crippen molar-refractivity contribution in [2.45, 2.75) is 13.8 Å². The van der Waals surface area contributed by atoms with Crippen LogP contribution in [0.4, 0.5) is 5.69 Å². The molecule has 4 heteroatoms. The zero-order valence-corrected chi connectivity index (χ0v) is 11.2. The number of esters is 1. The molecule has 0 aromatic heterocycles. The Bertz CT molecular complexity index is 477. The number of hydrogen-bond acceptors (Lipinski definition) is 4. The third-order valence-electron chi connectivity index (χ3n) is 2.89. The van der Waals surface area contributed by atoms with Gasteiger partial charge in [0.25, 0.3) is 0 Å². The Morgan fingerprint density at radius 3 is 2.78 bits per heavy atom. The molecule has 1 aromatic rings. The number of anilines is 1. The predicted molar refractivity (Wildman–Crippen MR) is 70.3 cm³/mol. The molecule has 0 aliphatic heterocycles. The molecule has 18 heavy (non-hydrogen) atoms. The van der Waals surface area contributed by atoms with E-state index in [4.69, 9.17) is 10.00 Å². The molecular formula is C14H18N2O2. The summed E-state index contributed by atoms with van der Waals surface area (Å²) < 4.78 is 4.70. The molecule has 0 spiro atoms. The number of para-hydroxylation sites is 1. The summed E-state index contributed by atoms with van der Waals surface area (Å²) in [5, 5.41) is 9.11. The lowest BCUT2D eigenvalue weighted by Crippen LogP contribution is -2.30. The van der Waals surface area contributed by atoms with Gasteiger partial charge in [0, 0.05) is 13.6 Å². The summed E-state index contributed by atoms with van der Waals surface area (Å²) in [5.74, 6) is -0.472. The van der Waals surface area contributed by atoms with E-state index in [-0.39, 0.29) is 11.9 Å². The number of carbonyl (C=O) groups is 1. The minimum absolute atomic E-state index is 0.230. The summed E-state index contributed by atoms with van der Waals surface area (Å²) in [5.41, 5.74) is 2.51. The number of hydrogen-bond donors (Lipinski definition) is 0. The maximum atomic E-state index is 11.4. The summed E-state index contributed by atoms with van der Waals surface area (Å²) in [6.07, 6.45) is 0. The fraction of sp³-hybridized carbons (Fsp3) is 0.429. The van der Waals surface area contributed by atoms with Gasteiger partial charge in [0.1, 0.15) is 6.07 Å². The standard InChI is InChI=1S/C14H18N2O2/c1-10-6-5-7-12(8-15)13(10)16(3)9-11(2)14(17)18-4/h5-7,11H,9H2,1-4H3. The van der Waals surface area contributed by atoms with Crippen LogP contribution in [0.3, 0.4) is 0 Å². The summed E-state index contributed by atoms with van der Waals surface area (Å²) in [6, 6.07) is 7.77. The average Bonchev–Trinajstić information content (AvgIpc) is 2.36.